The molecule has 0 aliphatic rings. The molecule has 0 bridgehead atoms. The third-order valence-corrected chi connectivity index (χ3v) is 4.49. The van der Waals surface area contributed by atoms with Gasteiger partial charge in [0.15, 0.2) is 11.5 Å². The Morgan fingerprint density at radius 1 is 1.04 bits per heavy atom. The Morgan fingerprint density at radius 2 is 1.71 bits per heavy atom. The number of hydrogen-bond donors (Lipinski definition) is 2. The van der Waals surface area contributed by atoms with E-state index in [1.165, 1.54) is 5.56 Å². The van der Waals surface area contributed by atoms with Crippen molar-refractivity contribution in [2.24, 2.45) is 5.73 Å². The van der Waals surface area contributed by atoms with Gasteiger partial charge >= 0.3 is 0 Å². The van der Waals surface area contributed by atoms with E-state index in [-0.39, 0.29) is 5.41 Å². The van der Waals surface area contributed by atoms with Gasteiger partial charge in [-0.2, -0.15) is 0 Å². The maximum Gasteiger partial charge on any atom is 0.257 e. The summed E-state index contributed by atoms with van der Waals surface area (Å²) in [5.74, 6) is 1.34. The van der Waals surface area contributed by atoms with E-state index in [0.717, 1.165) is 11.1 Å². The van der Waals surface area contributed by atoms with E-state index >= 15 is 0 Å². The Hall–Kier alpha value is -2.31. The van der Waals surface area contributed by atoms with Crippen LogP contribution in [0.15, 0.2) is 42.5 Å². The highest BCUT2D eigenvalue weighted by Crippen LogP contribution is 2.28. The quantitative estimate of drug-likeness (QED) is 0.653. The maximum absolute atomic E-state index is 5.66. The van der Waals surface area contributed by atoms with Gasteiger partial charge in [0.05, 0.1) is 7.11 Å². The third-order valence-electron chi connectivity index (χ3n) is 4.23. The van der Waals surface area contributed by atoms with Gasteiger partial charge in [-0.25, -0.2) is 0 Å². The van der Waals surface area contributed by atoms with Crippen molar-refractivity contribution >= 4 is 17.4 Å². The molecule has 6 heteroatoms. The van der Waals surface area contributed by atoms with Crippen LogP contribution in [0.5, 0.6) is 11.5 Å². The molecule has 0 fully saturated rings. The number of benzene rings is 2. The standard InChI is InChI=1S/C22H30N2O3S/c1-22(2,3)18-8-5-16(6-9-18)15-27-21(28)24-14-17-7-10-19(26-12-11-23)20(13-17)25-4/h5-10,13H,11-12,14-15,23H2,1-4H3,(H,24,28). The number of thiocarbonyl (C=S) groups is 1. The second-order valence-electron chi connectivity index (χ2n) is 7.50. The monoisotopic (exact) mass is 402 g/mol. The smallest absolute Gasteiger partial charge is 0.257 e. The van der Waals surface area contributed by atoms with E-state index < -0.39 is 0 Å². The van der Waals surface area contributed by atoms with E-state index in [2.05, 4.69) is 50.4 Å². The minimum absolute atomic E-state index is 0.141. The molecule has 0 aliphatic heterocycles. The van der Waals surface area contributed by atoms with Crippen molar-refractivity contribution in [3.05, 3.63) is 59.2 Å². The first-order chi connectivity index (χ1) is 13.3. The zero-order chi connectivity index (χ0) is 20.6. The van der Waals surface area contributed by atoms with Crippen molar-refractivity contribution < 1.29 is 14.2 Å². The van der Waals surface area contributed by atoms with Crippen molar-refractivity contribution in [1.82, 2.24) is 5.32 Å². The lowest BCUT2D eigenvalue weighted by Crippen LogP contribution is -2.23. The van der Waals surface area contributed by atoms with E-state index in [1.54, 1.807) is 7.11 Å². The predicted octanol–water partition coefficient (Wildman–Crippen LogP) is 3.92. The van der Waals surface area contributed by atoms with Gasteiger partial charge in [-0.3, -0.25) is 0 Å². The Bertz CT molecular complexity index is 770. The van der Waals surface area contributed by atoms with Gasteiger partial charge in [-0.05, 0) is 46.5 Å². The summed E-state index contributed by atoms with van der Waals surface area (Å²) in [4.78, 5) is 0. The number of nitrogens with one attached hydrogen (secondary N) is 1. The van der Waals surface area contributed by atoms with Crippen LogP contribution in [-0.2, 0) is 23.3 Å². The fraction of sp³-hybridized carbons (Fsp3) is 0.409. The molecule has 0 radical (unpaired) electrons. The molecule has 2 aromatic carbocycles. The predicted molar refractivity (Wildman–Crippen MR) is 117 cm³/mol. The molecule has 0 aliphatic carbocycles. The van der Waals surface area contributed by atoms with Crippen LogP contribution in [0.2, 0.25) is 0 Å². The minimum atomic E-state index is 0.141. The molecule has 28 heavy (non-hydrogen) atoms. The number of methoxy groups -OCH3 is 1. The molecule has 0 spiro atoms. The average molecular weight is 403 g/mol. The molecule has 0 amide bonds. The lowest BCUT2D eigenvalue weighted by Gasteiger charge is -2.19. The molecule has 2 aromatic rings. The fourth-order valence-electron chi connectivity index (χ4n) is 2.59. The summed E-state index contributed by atoms with van der Waals surface area (Å²) in [5, 5.41) is 3.47. The third kappa shape index (κ3) is 6.69. The molecule has 0 heterocycles. The molecule has 0 atom stereocenters. The van der Waals surface area contributed by atoms with Crippen molar-refractivity contribution in [3.63, 3.8) is 0 Å². The first kappa shape index (κ1) is 22.0. The van der Waals surface area contributed by atoms with Crippen LogP contribution in [-0.4, -0.2) is 25.4 Å². The molecular formula is C22H30N2O3S. The summed E-state index contributed by atoms with van der Waals surface area (Å²) in [5.41, 5.74) is 9.00. The average Bonchev–Trinajstić information content (AvgIpc) is 2.69. The molecular weight excluding hydrogens is 372 g/mol. The van der Waals surface area contributed by atoms with Crippen LogP contribution in [0.25, 0.3) is 0 Å². The second kappa shape index (κ2) is 10.3. The van der Waals surface area contributed by atoms with Gasteiger partial charge in [0, 0.05) is 13.1 Å². The van der Waals surface area contributed by atoms with Crippen molar-refractivity contribution in [2.75, 3.05) is 20.3 Å². The summed E-state index contributed by atoms with van der Waals surface area (Å²) in [6.07, 6.45) is 0. The van der Waals surface area contributed by atoms with Crippen LogP contribution < -0.4 is 20.5 Å². The zero-order valence-electron chi connectivity index (χ0n) is 17.1. The van der Waals surface area contributed by atoms with E-state index in [0.29, 0.717) is 43.0 Å². The van der Waals surface area contributed by atoms with Crippen LogP contribution in [0.1, 0.15) is 37.5 Å². The normalized spacial score (nSPS) is 11.0. The molecule has 5 nitrogen and oxygen atoms in total. The maximum atomic E-state index is 5.66. The second-order valence-corrected chi connectivity index (χ2v) is 7.87. The van der Waals surface area contributed by atoms with Crippen molar-refractivity contribution in [2.45, 2.75) is 39.3 Å². The van der Waals surface area contributed by atoms with E-state index in [1.807, 2.05) is 18.2 Å². The highest BCUT2D eigenvalue weighted by Gasteiger charge is 2.13. The molecule has 0 aromatic heterocycles. The largest absolute Gasteiger partial charge is 0.493 e. The zero-order valence-corrected chi connectivity index (χ0v) is 17.9. The van der Waals surface area contributed by atoms with E-state index in [9.17, 15) is 0 Å². The highest BCUT2D eigenvalue weighted by molar-refractivity contribution is 7.80. The molecule has 0 unspecified atom stereocenters. The van der Waals surface area contributed by atoms with Gasteiger partial charge in [-0.1, -0.05) is 51.1 Å². The Labute approximate surface area is 173 Å². The summed E-state index contributed by atoms with van der Waals surface area (Å²) >= 11 is 5.28. The Kier molecular flexibility index (Phi) is 8.08. The topological polar surface area (TPSA) is 65.7 Å². The fourth-order valence-corrected chi connectivity index (χ4v) is 2.72. The molecule has 3 N–H and O–H groups in total. The van der Waals surface area contributed by atoms with E-state index in [4.69, 9.17) is 32.2 Å². The highest BCUT2D eigenvalue weighted by atomic mass is 32.1. The summed E-state index contributed by atoms with van der Waals surface area (Å²) < 4.78 is 16.6. The van der Waals surface area contributed by atoms with Gasteiger partial charge in [0.1, 0.15) is 13.2 Å². The SMILES string of the molecule is COc1cc(CNC(=S)OCc2ccc(C(C)(C)C)cc2)ccc1OCCN. The van der Waals surface area contributed by atoms with Gasteiger partial charge in [0.2, 0.25) is 0 Å². The lowest BCUT2D eigenvalue weighted by atomic mass is 9.87. The first-order valence-corrected chi connectivity index (χ1v) is 9.74. The van der Waals surface area contributed by atoms with Gasteiger partial charge < -0.3 is 25.3 Å². The van der Waals surface area contributed by atoms with Crippen molar-refractivity contribution in [3.8, 4) is 11.5 Å². The first-order valence-electron chi connectivity index (χ1n) is 9.33. The number of ether oxygens (including phenoxy) is 3. The molecule has 152 valence electrons. The summed E-state index contributed by atoms with van der Waals surface area (Å²) in [6.45, 7) is 8.47. The summed E-state index contributed by atoms with van der Waals surface area (Å²) in [7, 11) is 1.61. The van der Waals surface area contributed by atoms with Crippen LogP contribution in [0.3, 0.4) is 0 Å². The van der Waals surface area contributed by atoms with Crippen LogP contribution in [0, 0.1) is 0 Å². The van der Waals surface area contributed by atoms with Gasteiger partial charge in [0.25, 0.3) is 5.17 Å². The van der Waals surface area contributed by atoms with Gasteiger partial charge in [-0.15, -0.1) is 0 Å². The minimum Gasteiger partial charge on any atom is -0.493 e. The summed E-state index contributed by atoms with van der Waals surface area (Å²) in [6, 6.07) is 14.2. The number of hydrogen-bond acceptors (Lipinski definition) is 5. The van der Waals surface area contributed by atoms with Crippen LogP contribution >= 0.6 is 12.2 Å². The molecule has 0 saturated heterocycles. The number of nitrogens with two attached hydrogens (primary N) is 1. The van der Waals surface area contributed by atoms with Crippen molar-refractivity contribution in [1.29, 1.82) is 0 Å². The Morgan fingerprint density at radius 3 is 2.32 bits per heavy atom. The number of rotatable bonds is 8. The lowest BCUT2D eigenvalue weighted by molar-refractivity contribution is 0.286. The van der Waals surface area contributed by atoms with Crippen LogP contribution in [0.4, 0.5) is 0 Å². The molecule has 2 rings (SSSR count). The molecule has 0 saturated carbocycles. The Balaban J connectivity index is 1.83.